The Labute approximate surface area is 161 Å². The van der Waals surface area contributed by atoms with E-state index < -0.39 is 17.6 Å². The van der Waals surface area contributed by atoms with Crippen LogP contribution in [0.2, 0.25) is 0 Å². The van der Waals surface area contributed by atoms with E-state index in [4.69, 9.17) is 0 Å². The fraction of sp³-hybridized carbons (Fsp3) is 0.579. The average Bonchev–Trinajstić information content (AvgIpc) is 2.63. The summed E-state index contributed by atoms with van der Waals surface area (Å²) in [4.78, 5) is 26.2. The molecule has 28 heavy (non-hydrogen) atoms. The number of rotatable bonds is 5. The molecule has 1 aromatic carbocycles. The molecule has 9 heteroatoms. The SMILES string of the molecule is O=C(CNC(=O)c1cccc(C(F)(F)F)c1)NC1CN(C2CCC(O)CC2)C1. The summed E-state index contributed by atoms with van der Waals surface area (Å²) in [6.07, 6.45) is -1.21. The number of halogens is 3. The Bertz CT molecular complexity index is 712. The van der Waals surface area contributed by atoms with Crippen LogP contribution in [0.5, 0.6) is 0 Å². The standard InChI is InChI=1S/C19H24F3N3O3/c20-19(21,22)13-3-1-2-12(8-13)18(28)23-9-17(27)24-14-10-25(11-14)15-4-6-16(26)7-5-15/h1-3,8,14-16,26H,4-7,9-11H2,(H,23,28)(H,24,27). The third-order valence-corrected chi connectivity index (χ3v) is 5.32. The number of hydrogen-bond donors (Lipinski definition) is 3. The summed E-state index contributed by atoms with van der Waals surface area (Å²) in [5.41, 5.74) is -1.05. The Morgan fingerprint density at radius 2 is 1.82 bits per heavy atom. The first-order chi connectivity index (χ1) is 13.2. The normalized spacial score (nSPS) is 23.7. The van der Waals surface area contributed by atoms with Crippen molar-refractivity contribution in [2.75, 3.05) is 19.6 Å². The molecule has 1 aromatic rings. The van der Waals surface area contributed by atoms with E-state index >= 15 is 0 Å². The first-order valence-corrected chi connectivity index (χ1v) is 9.39. The van der Waals surface area contributed by atoms with Gasteiger partial charge in [0.15, 0.2) is 0 Å². The smallest absolute Gasteiger partial charge is 0.393 e. The van der Waals surface area contributed by atoms with Crippen LogP contribution in [0.1, 0.15) is 41.6 Å². The van der Waals surface area contributed by atoms with Crippen LogP contribution in [-0.2, 0) is 11.0 Å². The number of carbonyl (C=O) groups excluding carboxylic acids is 2. The second kappa shape index (κ2) is 8.48. The fourth-order valence-electron chi connectivity index (χ4n) is 3.70. The molecule has 0 atom stereocenters. The van der Waals surface area contributed by atoms with Gasteiger partial charge in [-0.1, -0.05) is 6.07 Å². The molecule has 2 amide bonds. The summed E-state index contributed by atoms with van der Waals surface area (Å²) in [5.74, 6) is -1.10. The minimum Gasteiger partial charge on any atom is -0.393 e. The van der Waals surface area contributed by atoms with Crippen molar-refractivity contribution in [2.24, 2.45) is 0 Å². The van der Waals surface area contributed by atoms with Gasteiger partial charge in [0.05, 0.1) is 24.3 Å². The Hall–Kier alpha value is -2.13. The van der Waals surface area contributed by atoms with E-state index in [0.29, 0.717) is 6.04 Å². The van der Waals surface area contributed by atoms with Gasteiger partial charge in [0.2, 0.25) is 5.91 Å². The molecule has 1 saturated carbocycles. The van der Waals surface area contributed by atoms with Gasteiger partial charge in [0.25, 0.3) is 5.91 Å². The van der Waals surface area contributed by atoms with Crippen LogP contribution in [0.3, 0.4) is 0 Å². The van der Waals surface area contributed by atoms with E-state index in [9.17, 15) is 27.9 Å². The molecule has 3 N–H and O–H groups in total. The highest BCUT2D eigenvalue weighted by molar-refractivity contribution is 5.96. The molecule has 0 aromatic heterocycles. The molecule has 6 nitrogen and oxygen atoms in total. The molecule has 3 rings (SSSR count). The van der Waals surface area contributed by atoms with Crippen molar-refractivity contribution in [1.29, 1.82) is 0 Å². The van der Waals surface area contributed by atoms with Crippen LogP contribution in [0, 0.1) is 0 Å². The van der Waals surface area contributed by atoms with Crippen LogP contribution in [0.15, 0.2) is 24.3 Å². The van der Waals surface area contributed by atoms with Crippen molar-refractivity contribution in [3.63, 3.8) is 0 Å². The lowest BCUT2D eigenvalue weighted by Crippen LogP contribution is -2.63. The second-order valence-corrected chi connectivity index (χ2v) is 7.44. The van der Waals surface area contributed by atoms with Gasteiger partial charge in [-0.2, -0.15) is 13.2 Å². The summed E-state index contributed by atoms with van der Waals surface area (Å²) < 4.78 is 38.1. The largest absolute Gasteiger partial charge is 0.416 e. The average molecular weight is 399 g/mol. The number of nitrogens with zero attached hydrogens (tertiary/aromatic N) is 1. The molecule has 0 bridgehead atoms. The quantitative estimate of drug-likeness (QED) is 0.702. The van der Waals surface area contributed by atoms with Crippen molar-refractivity contribution in [2.45, 2.75) is 50.0 Å². The molecule has 1 aliphatic carbocycles. The topological polar surface area (TPSA) is 81.7 Å². The third-order valence-electron chi connectivity index (χ3n) is 5.32. The van der Waals surface area contributed by atoms with E-state index in [0.717, 1.165) is 57.0 Å². The number of nitrogens with one attached hydrogen (secondary N) is 2. The maximum atomic E-state index is 12.7. The minimum absolute atomic E-state index is 0.00445. The van der Waals surface area contributed by atoms with E-state index in [1.807, 2.05) is 0 Å². The predicted octanol–water partition coefficient (Wildman–Crippen LogP) is 1.54. The number of aliphatic hydroxyl groups is 1. The van der Waals surface area contributed by atoms with Crippen LogP contribution in [0.4, 0.5) is 13.2 Å². The highest BCUT2D eigenvalue weighted by Gasteiger charge is 2.35. The Morgan fingerprint density at radius 3 is 2.46 bits per heavy atom. The Kier molecular flexibility index (Phi) is 6.24. The van der Waals surface area contributed by atoms with Crippen LogP contribution in [0.25, 0.3) is 0 Å². The molecule has 154 valence electrons. The molecule has 1 saturated heterocycles. The highest BCUT2D eigenvalue weighted by Crippen LogP contribution is 2.29. The first-order valence-electron chi connectivity index (χ1n) is 9.39. The van der Waals surface area contributed by atoms with Gasteiger partial charge in [0, 0.05) is 24.7 Å². The molecular formula is C19H24F3N3O3. The lowest BCUT2D eigenvalue weighted by atomic mass is 9.89. The monoisotopic (exact) mass is 399 g/mol. The Morgan fingerprint density at radius 1 is 1.14 bits per heavy atom. The fourth-order valence-corrected chi connectivity index (χ4v) is 3.70. The van der Waals surface area contributed by atoms with Gasteiger partial charge in [-0.15, -0.1) is 0 Å². The summed E-state index contributed by atoms with van der Waals surface area (Å²) >= 11 is 0. The van der Waals surface area contributed by atoms with E-state index in [1.54, 1.807) is 0 Å². The van der Waals surface area contributed by atoms with E-state index in [-0.39, 0.29) is 30.2 Å². The summed E-state index contributed by atoms with van der Waals surface area (Å²) in [7, 11) is 0. The molecule has 2 aliphatic rings. The van der Waals surface area contributed by atoms with Gasteiger partial charge in [0.1, 0.15) is 0 Å². The molecular weight excluding hydrogens is 375 g/mol. The van der Waals surface area contributed by atoms with E-state index in [2.05, 4.69) is 15.5 Å². The zero-order valence-corrected chi connectivity index (χ0v) is 15.3. The zero-order chi connectivity index (χ0) is 20.3. The summed E-state index contributed by atoms with van der Waals surface area (Å²) in [6.45, 7) is 1.17. The molecule has 2 fully saturated rings. The Balaban J connectivity index is 1.39. The van der Waals surface area contributed by atoms with Gasteiger partial charge in [-0.3, -0.25) is 14.5 Å². The lowest BCUT2D eigenvalue weighted by Gasteiger charge is -2.46. The first kappa shape index (κ1) is 20.6. The number of hydrogen-bond acceptors (Lipinski definition) is 4. The van der Waals surface area contributed by atoms with Crippen LogP contribution in [-0.4, -0.2) is 59.6 Å². The number of alkyl halides is 3. The minimum atomic E-state index is -4.53. The van der Waals surface area contributed by atoms with Crippen molar-refractivity contribution in [1.82, 2.24) is 15.5 Å². The number of aliphatic hydroxyl groups excluding tert-OH is 1. The van der Waals surface area contributed by atoms with Gasteiger partial charge >= 0.3 is 6.18 Å². The highest BCUT2D eigenvalue weighted by atomic mass is 19.4. The second-order valence-electron chi connectivity index (χ2n) is 7.44. The third kappa shape index (κ3) is 5.23. The van der Waals surface area contributed by atoms with Gasteiger partial charge in [-0.25, -0.2) is 0 Å². The van der Waals surface area contributed by atoms with Crippen molar-refractivity contribution in [3.8, 4) is 0 Å². The summed E-state index contributed by atoms with van der Waals surface area (Å²) in [5, 5.41) is 14.7. The molecule has 1 heterocycles. The summed E-state index contributed by atoms with van der Waals surface area (Å²) in [6, 6.07) is 4.53. The van der Waals surface area contributed by atoms with E-state index in [1.165, 1.54) is 6.07 Å². The van der Waals surface area contributed by atoms with Crippen LogP contribution >= 0.6 is 0 Å². The molecule has 0 spiro atoms. The molecule has 0 radical (unpaired) electrons. The maximum absolute atomic E-state index is 12.7. The number of carbonyl (C=O) groups is 2. The number of benzene rings is 1. The van der Waals surface area contributed by atoms with Gasteiger partial charge < -0.3 is 15.7 Å². The number of likely N-dealkylation sites (tertiary alicyclic amines) is 1. The molecule has 0 unspecified atom stereocenters. The zero-order valence-electron chi connectivity index (χ0n) is 15.3. The number of amides is 2. The predicted molar refractivity (Wildman–Crippen MR) is 95.5 cm³/mol. The van der Waals surface area contributed by atoms with Gasteiger partial charge in [-0.05, 0) is 43.9 Å². The van der Waals surface area contributed by atoms with Crippen molar-refractivity contribution in [3.05, 3.63) is 35.4 Å². The maximum Gasteiger partial charge on any atom is 0.416 e. The lowest BCUT2D eigenvalue weighted by molar-refractivity contribution is -0.137. The van der Waals surface area contributed by atoms with Crippen molar-refractivity contribution >= 4 is 11.8 Å². The van der Waals surface area contributed by atoms with Crippen molar-refractivity contribution < 1.29 is 27.9 Å². The van der Waals surface area contributed by atoms with Crippen LogP contribution < -0.4 is 10.6 Å². The molecule has 1 aliphatic heterocycles.